The van der Waals surface area contributed by atoms with Crippen molar-refractivity contribution in [1.29, 1.82) is 0 Å². The predicted molar refractivity (Wildman–Crippen MR) is 334 cm³/mol. The van der Waals surface area contributed by atoms with Gasteiger partial charge in [-0.25, -0.2) is 0 Å². The third-order valence-corrected chi connectivity index (χ3v) is 17.1. The fourth-order valence-electron chi connectivity index (χ4n) is 13.3. The van der Waals surface area contributed by atoms with Crippen molar-refractivity contribution in [2.75, 3.05) is 9.80 Å². The summed E-state index contributed by atoms with van der Waals surface area (Å²) in [5.41, 5.74) is 21.9. The van der Waals surface area contributed by atoms with Gasteiger partial charge in [0.15, 0.2) is 0 Å². The highest BCUT2D eigenvalue weighted by Gasteiger charge is 2.36. The van der Waals surface area contributed by atoms with Crippen LogP contribution in [0.4, 0.5) is 28.4 Å². The molecule has 12 aromatic rings. The molecule has 15 rings (SSSR count). The van der Waals surface area contributed by atoms with Crippen LogP contribution in [-0.4, -0.2) is 15.2 Å². The van der Waals surface area contributed by atoms with Crippen molar-refractivity contribution < 1.29 is 0 Å². The van der Waals surface area contributed by atoms with E-state index >= 15 is 0 Å². The number of benzene rings is 10. The summed E-state index contributed by atoms with van der Waals surface area (Å²) >= 11 is 0. The van der Waals surface area contributed by atoms with Gasteiger partial charge < -0.3 is 18.9 Å². The first-order valence-electron chi connectivity index (χ1n) is 27.9. The molecule has 2 aromatic heterocycles. The largest absolute Gasteiger partial charge is 0.334 e. The average Bonchev–Trinajstić information content (AvgIpc) is 4.25. The van der Waals surface area contributed by atoms with Crippen LogP contribution in [-0.2, 0) is 5.41 Å². The summed E-state index contributed by atoms with van der Waals surface area (Å²) < 4.78 is 4.92. The number of anilines is 5. The Morgan fingerprint density at radius 3 is 1.70 bits per heavy atom. The van der Waals surface area contributed by atoms with Gasteiger partial charge in [0.05, 0.1) is 23.1 Å². The SMILES string of the molecule is CC1(C)c2ccccc2-c2cc(N(c3ccc(-c4ccc(N(c5ccc6c(c5)c5ccccc5n6-c5ccccc5)c5ccc6c(c5)c5ccccc5n6C5C=CC=CC5)cc4)cc3)C3C=CC(c4ccccc4)=CC3)ccc21. The van der Waals surface area contributed by atoms with E-state index in [1.807, 2.05) is 0 Å². The van der Waals surface area contributed by atoms with Gasteiger partial charge in [0.25, 0.3) is 0 Å². The molecule has 378 valence electrons. The van der Waals surface area contributed by atoms with E-state index in [0.29, 0.717) is 0 Å². The highest BCUT2D eigenvalue weighted by atomic mass is 15.2. The molecule has 0 spiro atoms. The normalized spacial score (nSPS) is 16.2. The lowest BCUT2D eigenvalue weighted by Crippen LogP contribution is -2.30. The summed E-state index contributed by atoms with van der Waals surface area (Å²) in [6.45, 7) is 4.72. The van der Waals surface area contributed by atoms with Crippen molar-refractivity contribution in [3.8, 4) is 27.9 Å². The molecule has 79 heavy (non-hydrogen) atoms. The number of hydrogen-bond acceptors (Lipinski definition) is 2. The zero-order valence-electron chi connectivity index (χ0n) is 44.4. The smallest absolute Gasteiger partial charge is 0.0560 e. The molecule has 0 fully saturated rings. The number of fused-ring (bicyclic) bond motifs is 9. The molecule has 0 amide bonds. The summed E-state index contributed by atoms with van der Waals surface area (Å²) in [6, 6.07) is 88.1. The van der Waals surface area contributed by atoms with Crippen LogP contribution in [0.15, 0.2) is 279 Å². The van der Waals surface area contributed by atoms with Gasteiger partial charge >= 0.3 is 0 Å². The molecule has 0 saturated carbocycles. The van der Waals surface area contributed by atoms with E-state index in [1.54, 1.807) is 0 Å². The Kier molecular flexibility index (Phi) is 11.1. The van der Waals surface area contributed by atoms with Crippen LogP contribution >= 0.6 is 0 Å². The first kappa shape index (κ1) is 46.6. The molecule has 10 aromatic carbocycles. The zero-order chi connectivity index (χ0) is 52.6. The Morgan fingerprint density at radius 2 is 0.987 bits per heavy atom. The van der Waals surface area contributed by atoms with Crippen molar-refractivity contribution in [2.24, 2.45) is 0 Å². The predicted octanol–water partition coefficient (Wildman–Crippen LogP) is 19.9. The van der Waals surface area contributed by atoms with E-state index in [1.165, 1.54) is 99.5 Å². The van der Waals surface area contributed by atoms with Gasteiger partial charge in [-0.3, -0.25) is 0 Å². The second kappa shape index (κ2) is 18.8. The molecule has 0 saturated heterocycles. The van der Waals surface area contributed by atoms with Crippen LogP contribution in [0.1, 0.15) is 49.4 Å². The average molecular weight is 1020 g/mol. The fraction of sp³-hybridized carbons (Fsp3) is 0.0933. The summed E-state index contributed by atoms with van der Waals surface area (Å²) in [7, 11) is 0. The van der Waals surface area contributed by atoms with Crippen LogP contribution in [0.25, 0.3) is 77.1 Å². The van der Waals surface area contributed by atoms with E-state index in [4.69, 9.17) is 0 Å². The van der Waals surface area contributed by atoms with Crippen molar-refractivity contribution in [3.63, 3.8) is 0 Å². The molecule has 0 radical (unpaired) electrons. The van der Waals surface area contributed by atoms with Crippen molar-refractivity contribution in [3.05, 3.63) is 296 Å². The molecule has 2 unspecified atom stereocenters. The summed E-state index contributed by atoms with van der Waals surface area (Å²) in [5, 5.41) is 4.96. The topological polar surface area (TPSA) is 16.3 Å². The third kappa shape index (κ3) is 7.81. The van der Waals surface area contributed by atoms with Crippen LogP contribution in [0.2, 0.25) is 0 Å². The third-order valence-electron chi connectivity index (χ3n) is 17.1. The summed E-state index contributed by atoms with van der Waals surface area (Å²) in [6.07, 6.45) is 17.9. The van der Waals surface area contributed by atoms with Gasteiger partial charge in [-0.15, -0.1) is 0 Å². The number of rotatable bonds is 10. The van der Waals surface area contributed by atoms with E-state index in [-0.39, 0.29) is 17.5 Å². The highest BCUT2D eigenvalue weighted by molar-refractivity contribution is 6.12. The van der Waals surface area contributed by atoms with E-state index in [2.05, 4.69) is 312 Å². The zero-order valence-corrected chi connectivity index (χ0v) is 44.4. The quantitative estimate of drug-likeness (QED) is 0.136. The second-order valence-electron chi connectivity index (χ2n) is 22.0. The Morgan fingerprint density at radius 1 is 0.418 bits per heavy atom. The van der Waals surface area contributed by atoms with Gasteiger partial charge in [0.2, 0.25) is 0 Å². The van der Waals surface area contributed by atoms with Gasteiger partial charge in [0.1, 0.15) is 0 Å². The Bertz CT molecular complexity index is 4450. The maximum absolute atomic E-state index is 2.54. The Balaban J connectivity index is 0.821. The molecular formula is C75H58N4. The molecule has 3 aliphatic rings. The molecule has 2 atom stereocenters. The maximum atomic E-state index is 2.54. The van der Waals surface area contributed by atoms with Crippen molar-refractivity contribution in [1.82, 2.24) is 9.13 Å². The molecule has 0 bridgehead atoms. The highest BCUT2D eigenvalue weighted by Crippen LogP contribution is 2.51. The van der Waals surface area contributed by atoms with Crippen molar-refractivity contribution in [2.45, 2.75) is 44.2 Å². The van der Waals surface area contributed by atoms with Gasteiger partial charge in [-0.2, -0.15) is 0 Å². The standard InChI is InChI=1S/C75H58N4/c1-75(2)69-27-15-12-24-63(69)66-48-60(42-45-70(66)75)76(57-36-30-52(31-37-57)51-18-6-3-7-19-51)58-38-32-53(33-39-58)54-34-40-59(41-35-54)77(61-43-46-73-67(49-61)64-25-13-16-28-71(64)78(73)55-20-8-4-9-21-55)62-44-47-74-68(50-62)65-26-14-17-29-72(65)79(74)56-22-10-5-11-23-56/h3-22,24-36,38-50,56-57H,23,37H2,1-2H3. The Labute approximate surface area is 462 Å². The molecule has 0 aliphatic heterocycles. The van der Waals surface area contributed by atoms with Gasteiger partial charge in [-0.1, -0.05) is 196 Å². The number of aromatic nitrogens is 2. The van der Waals surface area contributed by atoms with Gasteiger partial charge in [-0.05, 0) is 154 Å². The number of para-hydroxylation sites is 3. The monoisotopic (exact) mass is 1010 g/mol. The first-order valence-corrected chi connectivity index (χ1v) is 27.9. The molecular weight excluding hydrogens is 957 g/mol. The summed E-state index contributed by atoms with van der Waals surface area (Å²) in [5.74, 6) is 0. The lowest BCUT2D eigenvalue weighted by molar-refractivity contribution is 0.648. The van der Waals surface area contributed by atoms with Gasteiger partial charge in [0, 0.05) is 72.1 Å². The van der Waals surface area contributed by atoms with E-state index in [9.17, 15) is 0 Å². The molecule has 3 aliphatic carbocycles. The van der Waals surface area contributed by atoms with Crippen LogP contribution in [0.3, 0.4) is 0 Å². The molecule has 4 heteroatoms. The number of allylic oxidation sites excluding steroid dienone is 6. The first-order chi connectivity index (χ1) is 38.9. The van der Waals surface area contributed by atoms with Crippen LogP contribution < -0.4 is 9.80 Å². The molecule has 2 heterocycles. The Hall–Kier alpha value is -9.64. The fourth-order valence-corrected chi connectivity index (χ4v) is 13.3. The lowest BCUT2D eigenvalue weighted by Gasteiger charge is -2.34. The minimum atomic E-state index is -0.0565. The maximum Gasteiger partial charge on any atom is 0.0560 e. The minimum Gasteiger partial charge on any atom is -0.334 e. The number of hydrogen-bond donors (Lipinski definition) is 0. The molecule has 4 nitrogen and oxygen atoms in total. The van der Waals surface area contributed by atoms with Crippen molar-refractivity contribution >= 4 is 77.6 Å². The van der Waals surface area contributed by atoms with Crippen LogP contribution in [0.5, 0.6) is 0 Å². The lowest BCUT2D eigenvalue weighted by atomic mass is 9.82. The van der Waals surface area contributed by atoms with Crippen LogP contribution in [0, 0.1) is 0 Å². The minimum absolute atomic E-state index is 0.0565. The number of nitrogens with zero attached hydrogens (tertiary/aromatic N) is 4. The second-order valence-corrected chi connectivity index (χ2v) is 22.0. The van der Waals surface area contributed by atoms with E-state index in [0.717, 1.165) is 35.6 Å². The molecule has 0 N–H and O–H groups in total. The van der Waals surface area contributed by atoms with E-state index < -0.39 is 0 Å². The summed E-state index contributed by atoms with van der Waals surface area (Å²) in [4.78, 5) is 4.98.